The first-order valence-electron chi connectivity index (χ1n) is 3.15. The fourth-order valence-corrected chi connectivity index (χ4v) is 0.506. The van der Waals surface area contributed by atoms with Gasteiger partial charge in [0.2, 0.25) is 6.29 Å². The van der Waals surface area contributed by atoms with Crippen LogP contribution in [0.2, 0.25) is 0 Å². The number of esters is 1. The van der Waals surface area contributed by atoms with Gasteiger partial charge in [0.15, 0.2) is 0 Å². The SMILES string of the molecule is C=CC(=O)OC(OC)C(C)O. The van der Waals surface area contributed by atoms with Crippen LogP contribution in [0.4, 0.5) is 0 Å². The summed E-state index contributed by atoms with van der Waals surface area (Å²) in [7, 11) is 1.34. The molecule has 0 radical (unpaired) electrons. The minimum absolute atomic E-state index is 0.613. The van der Waals surface area contributed by atoms with Gasteiger partial charge in [0.05, 0.1) is 0 Å². The van der Waals surface area contributed by atoms with Crippen LogP contribution in [0, 0.1) is 0 Å². The van der Waals surface area contributed by atoms with E-state index in [0.717, 1.165) is 6.08 Å². The molecule has 11 heavy (non-hydrogen) atoms. The lowest BCUT2D eigenvalue weighted by Crippen LogP contribution is -2.30. The Bertz CT molecular complexity index is 141. The van der Waals surface area contributed by atoms with Crippen LogP contribution >= 0.6 is 0 Å². The van der Waals surface area contributed by atoms with Gasteiger partial charge >= 0.3 is 5.97 Å². The van der Waals surface area contributed by atoms with Gasteiger partial charge in [-0.1, -0.05) is 6.58 Å². The quantitative estimate of drug-likeness (QED) is 0.359. The molecule has 0 bridgehead atoms. The summed E-state index contributed by atoms with van der Waals surface area (Å²) in [6.07, 6.45) is -0.751. The molecule has 2 unspecified atom stereocenters. The summed E-state index contributed by atoms with van der Waals surface area (Å²) in [5.41, 5.74) is 0. The summed E-state index contributed by atoms with van der Waals surface area (Å²) >= 11 is 0. The third-order valence-corrected chi connectivity index (χ3v) is 1.03. The van der Waals surface area contributed by atoms with Crippen molar-refractivity contribution in [3.8, 4) is 0 Å². The van der Waals surface area contributed by atoms with E-state index in [4.69, 9.17) is 5.11 Å². The maximum absolute atomic E-state index is 10.6. The fourth-order valence-electron chi connectivity index (χ4n) is 0.506. The Morgan fingerprint density at radius 2 is 2.27 bits per heavy atom. The average molecular weight is 160 g/mol. The highest BCUT2D eigenvalue weighted by molar-refractivity contribution is 5.81. The third kappa shape index (κ3) is 3.75. The number of ether oxygens (including phenoxy) is 2. The van der Waals surface area contributed by atoms with Gasteiger partial charge in [0.25, 0.3) is 0 Å². The zero-order valence-electron chi connectivity index (χ0n) is 6.61. The van der Waals surface area contributed by atoms with Crippen molar-refractivity contribution in [2.45, 2.75) is 19.3 Å². The summed E-state index contributed by atoms with van der Waals surface area (Å²) in [5, 5.41) is 8.92. The second-order valence-corrected chi connectivity index (χ2v) is 1.99. The minimum atomic E-state index is -0.916. The number of carbonyl (C=O) groups is 1. The lowest BCUT2D eigenvalue weighted by Gasteiger charge is -2.17. The first kappa shape index (κ1) is 10.1. The second kappa shape index (κ2) is 4.87. The van der Waals surface area contributed by atoms with E-state index < -0.39 is 18.4 Å². The van der Waals surface area contributed by atoms with Crippen LogP contribution in [0.3, 0.4) is 0 Å². The Hall–Kier alpha value is -0.870. The van der Waals surface area contributed by atoms with E-state index in [2.05, 4.69) is 16.1 Å². The van der Waals surface area contributed by atoms with E-state index in [-0.39, 0.29) is 0 Å². The molecule has 0 aromatic heterocycles. The average Bonchev–Trinajstić information content (AvgIpc) is 1.99. The molecule has 0 saturated carbocycles. The largest absolute Gasteiger partial charge is 0.430 e. The van der Waals surface area contributed by atoms with Gasteiger partial charge in [-0.05, 0) is 6.92 Å². The van der Waals surface area contributed by atoms with Gasteiger partial charge in [-0.2, -0.15) is 0 Å². The highest BCUT2D eigenvalue weighted by Crippen LogP contribution is 1.99. The molecule has 0 saturated heterocycles. The van der Waals surface area contributed by atoms with Gasteiger partial charge in [0, 0.05) is 13.2 Å². The maximum Gasteiger partial charge on any atom is 0.332 e. The van der Waals surface area contributed by atoms with Crippen LogP contribution in [0.1, 0.15) is 6.92 Å². The molecular formula is C7H12O4. The summed E-state index contributed by atoms with van der Waals surface area (Å²) in [4.78, 5) is 10.6. The summed E-state index contributed by atoms with van der Waals surface area (Å²) < 4.78 is 9.22. The van der Waals surface area contributed by atoms with Gasteiger partial charge < -0.3 is 14.6 Å². The number of carbonyl (C=O) groups excluding carboxylic acids is 1. The van der Waals surface area contributed by atoms with Crippen molar-refractivity contribution < 1.29 is 19.4 Å². The van der Waals surface area contributed by atoms with Gasteiger partial charge in [0.1, 0.15) is 6.10 Å². The summed E-state index contributed by atoms with van der Waals surface area (Å²) in [6.45, 7) is 4.66. The molecule has 0 aromatic carbocycles. The van der Waals surface area contributed by atoms with Crippen LogP contribution in [0.5, 0.6) is 0 Å². The molecular weight excluding hydrogens is 148 g/mol. The van der Waals surface area contributed by atoms with Crippen LogP contribution in [0.25, 0.3) is 0 Å². The lowest BCUT2D eigenvalue weighted by atomic mass is 10.4. The molecule has 0 aliphatic rings. The van der Waals surface area contributed by atoms with E-state index in [0.29, 0.717) is 0 Å². The van der Waals surface area contributed by atoms with Crippen LogP contribution in [-0.2, 0) is 14.3 Å². The Balaban J connectivity index is 3.87. The molecule has 0 rings (SSSR count). The van der Waals surface area contributed by atoms with Crippen LogP contribution in [-0.4, -0.2) is 30.6 Å². The second-order valence-electron chi connectivity index (χ2n) is 1.99. The first-order valence-corrected chi connectivity index (χ1v) is 3.15. The molecule has 0 heterocycles. The van der Waals surface area contributed by atoms with E-state index in [1.807, 2.05) is 0 Å². The number of rotatable bonds is 4. The smallest absolute Gasteiger partial charge is 0.332 e. The summed E-state index contributed by atoms with van der Waals surface area (Å²) in [5.74, 6) is -0.613. The van der Waals surface area contributed by atoms with Crippen molar-refractivity contribution >= 4 is 5.97 Å². The third-order valence-electron chi connectivity index (χ3n) is 1.03. The Labute approximate surface area is 65.4 Å². The van der Waals surface area contributed by atoms with Crippen molar-refractivity contribution in [1.29, 1.82) is 0 Å². The standard InChI is InChI=1S/C7H12O4/c1-4-6(9)11-7(10-3)5(2)8/h4-5,7-8H,1H2,2-3H3. The molecule has 4 heteroatoms. The number of aliphatic hydroxyl groups is 1. The van der Waals surface area contributed by atoms with E-state index in [9.17, 15) is 4.79 Å². The zero-order chi connectivity index (χ0) is 8.85. The number of hydrogen-bond donors (Lipinski definition) is 1. The Morgan fingerprint density at radius 3 is 2.55 bits per heavy atom. The predicted molar refractivity (Wildman–Crippen MR) is 38.8 cm³/mol. The van der Waals surface area contributed by atoms with Crippen molar-refractivity contribution in [3.63, 3.8) is 0 Å². The van der Waals surface area contributed by atoms with Crippen LogP contribution in [0.15, 0.2) is 12.7 Å². The minimum Gasteiger partial charge on any atom is -0.430 e. The molecule has 4 nitrogen and oxygen atoms in total. The molecule has 2 atom stereocenters. The molecule has 0 fully saturated rings. The molecule has 0 spiro atoms. The predicted octanol–water partition coefficient (Wildman–Crippen LogP) is 0.0689. The normalized spacial score (nSPS) is 15.2. The zero-order valence-corrected chi connectivity index (χ0v) is 6.61. The number of hydrogen-bond acceptors (Lipinski definition) is 4. The van der Waals surface area contributed by atoms with Crippen molar-refractivity contribution in [2.75, 3.05) is 7.11 Å². The fraction of sp³-hybridized carbons (Fsp3) is 0.571. The van der Waals surface area contributed by atoms with Crippen molar-refractivity contribution in [2.24, 2.45) is 0 Å². The van der Waals surface area contributed by atoms with E-state index in [1.54, 1.807) is 0 Å². The molecule has 0 aliphatic heterocycles. The lowest BCUT2D eigenvalue weighted by molar-refractivity contribution is -0.187. The maximum atomic E-state index is 10.6. The number of methoxy groups -OCH3 is 1. The summed E-state index contributed by atoms with van der Waals surface area (Å²) in [6, 6.07) is 0. The van der Waals surface area contributed by atoms with Gasteiger partial charge in [-0.3, -0.25) is 0 Å². The molecule has 0 aromatic rings. The monoisotopic (exact) mass is 160 g/mol. The molecule has 1 N–H and O–H groups in total. The number of aliphatic hydroxyl groups excluding tert-OH is 1. The topological polar surface area (TPSA) is 55.8 Å². The van der Waals surface area contributed by atoms with Gasteiger partial charge in [-0.25, -0.2) is 4.79 Å². The van der Waals surface area contributed by atoms with E-state index in [1.165, 1.54) is 14.0 Å². The molecule has 0 aliphatic carbocycles. The van der Waals surface area contributed by atoms with Crippen LogP contribution < -0.4 is 0 Å². The van der Waals surface area contributed by atoms with Gasteiger partial charge in [-0.15, -0.1) is 0 Å². The molecule has 64 valence electrons. The van der Waals surface area contributed by atoms with Crippen molar-refractivity contribution in [3.05, 3.63) is 12.7 Å². The van der Waals surface area contributed by atoms with E-state index >= 15 is 0 Å². The molecule has 0 amide bonds. The first-order chi connectivity index (χ1) is 5.11. The van der Waals surface area contributed by atoms with Crippen molar-refractivity contribution in [1.82, 2.24) is 0 Å². The Kier molecular flexibility index (Phi) is 4.49. The highest BCUT2D eigenvalue weighted by atomic mass is 16.7. The Morgan fingerprint density at radius 1 is 1.73 bits per heavy atom. The highest BCUT2D eigenvalue weighted by Gasteiger charge is 2.16.